The SMILES string of the molecule is Cc1cc(F)ccc1NC(=O)c1cc(F)c(F)cc1Cl. The first-order valence-corrected chi connectivity index (χ1v) is 5.98. The van der Waals surface area contributed by atoms with Gasteiger partial charge < -0.3 is 5.32 Å². The summed E-state index contributed by atoms with van der Waals surface area (Å²) in [7, 11) is 0. The van der Waals surface area contributed by atoms with Gasteiger partial charge >= 0.3 is 0 Å². The van der Waals surface area contributed by atoms with Gasteiger partial charge in [0.05, 0.1) is 10.6 Å². The maximum Gasteiger partial charge on any atom is 0.257 e. The molecule has 0 aliphatic rings. The Morgan fingerprint density at radius 1 is 1.10 bits per heavy atom. The fraction of sp³-hybridized carbons (Fsp3) is 0.0714. The molecule has 6 heteroatoms. The molecule has 0 spiro atoms. The zero-order valence-electron chi connectivity index (χ0n) is 10.3. The number of carbonyl (C=O) groups excluding carboxylic acids is 1. The molecule has 20 heavy (non-hydrogen) atoms. The van der Waals surface area contributed by atoms with E-state index in [1.54, 1.807) is 6.92 Å². The number of carbonyl (C=O) groups is 1. The molecule has 0 heterocycles. The van der Waals surface area contributed by atoms with Crippen LogP contribution < -0.4 is 5.32 Å². The van der Waals surface area contributed by atoms with Crippen LogP contribution in [0.1, 0.15) is 15.9 Å². The van der Waals surface area contributed by atoms with E-state index in [2.05, 4.69) is 5.32 Å². The first-order chi connectivity index (χ1) is 9.38. The number of aryl methyl sites for hydroxylation is 1. The van der Waals surface area contributed by atoms with Gasteiger partial charge in [-0.05, 0) is 42.8 Å². The lowest BCUT2D eigenvalue weighted by Crippen LogP contribution is -2.14. The third kappa shape index (κ3) is 2.93. The molecule has 0 atom stereocenters. The van der Waals surface area contributed by atoms with E-state index in [-0.39, 0.29) is 10.6 Å². The molecule has 0 aliphatic heterocycles. The smallest absolute Gasteiger partial charge is 0.257 e. The van der Waals surface area contributed by atoms with Crippen molar-refractivity contribution in [1.82, 2.24) is 0 Å². The Morgan fingerprint density at radius 3 is 2.40 bits per heavy atom. The zero-order valence-corrected chi connectivity index (χ0v) is 11.1. The number of hydrogen-bond donors (Lipinski definition) is 1. The number of halogens is 4. The van der Waals surface area contributed by atoms with E-state index in [0.29, 0.717) is 17.3 Å². The first kappa shape index (κ1) is 14.4. The fourth-order valence-electron chi connectivity index (χ4n) is 1.65. The Labute approximate surface area is 118 Å². The van der Waals surface area contributed by atoms with Crippen molar-refractivity contribution in [3.8, 4) is 0 Å². The summed E-state index contributed by atoms with van der Waals surface area (Å²) < 4.78 is 39.0. The minimum absolute atomic E-state index is 0.200. The van der Waals surface area contributed by atoms with Crippen LogP contribution in [-0.2, 0) is 0 Å². The van der Waals surface area contributed by atoms with E-state index in [9.17, 15) is 18.0 Å². The van der Waals surface area contributed by atoms with Crippen LogP contribution >= 0.6 is 11.6 Å². The minimum atomic E-state index is -1.17. The van der Waals surface area contributed by atoms with Gasteiger partial charge in [0.2, 0.25) is 0 Å². The Kier molecular flexibility index (Phi) is 3.99. The summed E-state index contributed by atoms with van der Waals surface area (Å²) in [6.45, 7) is 1.60. The molecule has 0 fully saturated rings. The molecule has 1 amide bonds. The summed E-state index contributed by atoms with van der Waals surface area (Å²) in [6, 6.07) is 5.23. The van der Waals surface area contributed by atoms with Crippen LogP contribution in [0, 0.1) is 24.4 Å². The highest BCUT2D eigenvalue weighted by molar-refractivity contribution is 6.34. The van der Waals surface area contributed by atoms with E-state index in [1.165, 1.54) is 18.2 Å². The van der Waals surface area contributed by atoms with Crippen molar-refractivity contribution in [3.05, 3.63) is 63.9 Å². The number of benzene rings is 2. The monoisotopic (exact) mass is 299 g/mol. The molecule has 1 N–H and O–H groups in total. The lowest BCUT2D eigenvalue weighted by atomic mass is 10.1. The second-order valence-electron chi connectivity index (χ2n) is 4.16. The van der Waals surface area contributed by atoms with Crippen LogP contribution in [0.2, 0.25) is 5.02 Å². The molecule has 0 aromatic heterocycles. The van der Waals surface area contributed by atoms with Crippen molar-refractivity contribution in [2.75, 3.05) is 5.32 Å². The van der Waals surface area contributed by atoms with Crippen molar-refractivity contribution < 1.29 is 18.0 Å². The summed E-state index contributed by atoms with van der Waals surface area (Å²) in [6.07, 6.45) is 0. The van der Waals surface area contributed by atoms with Crippen LogP contribution in [0.5, 0.6) is 0 Å². The molecular formula is C14H9ClF3NO. The summed E-state index contributed by atoms with van der Waals surface area (Å²) in [4.78, 5) is 12.0. The maximum absolute atomic E-state index is 13.1. The lowest BCUT2D eigenvalue weighted by molar-refractivity contribution is 0.102. The van der Waals surface area contributed by atoms with Crippen LogP contribution in [0.15, 0.2) is 30.3 Å². The maximum atomic E-state index is 13.1. The van der Waals surface area contributed by atoms with E-state index in [0.717, 1.165) is 6.07 Å². The molecule has 0 aliphatic carbocycles. The highest BCUT2D eigenvalue weighted by Crippen LogP contribution is 2.22. The van der Waals surface area contributed by atoms with Gasteiger partial charge in [0.1, 0.15) is 5.82 Å². The number of hydrogen-bond acceptors (Lipinski definition) is 1. The normalized spacial score (nSPS) is 10.4. The summed E-state index contributed by atoms with van der Waals surface area (Å²) in [5.74, 6) is -3.45. The second-order valence-corrected chi connectivity index (χ2v) is 4.57. The van der Waals surface area contributed by atoms with Crippen LogP contribution in [-0.4, -0.2) is 5.91 Å². The molecule has 0 unspecified atom stereocenters. The van der Waals surface area contributed by atoms with E-state index >= 15 is 0 Å². The first-order valence-electron chi connectivity index (χ1n) is 5.60. The van der Waals surface area contributed by atoms with Gasteiger partial charge in [-0.1, -0.05) is 11.6 Å². The highest BCUT2D eigenvalue weighted by atomic mass is 35.5. The Hall–Kier alpha value is -2.01. The Balaban J connectivity index is 2.31. The number of nitrogens with one attached hydrogen (secondary N) is 1. The van der Waals surface area contributed by atoms with Crippen molar-refractivity contribution >= 4 is 23.2 Å². The Morgan fingerprint density at radius 2 is 1.75 bits per heavy atom. The molecular weight excluding hydrogens is 291 g/mol. The van der Waals surface area contributed by atoms with Gasteiger partial charge in [-0.25, -0.2) is 13.2 Å². The topological polar surface area (TPSA) is 29.1 Å². The number of amides is 1. The van der Waals surface area contributed by atoms with Crippen LogP contribution in [0.3, 0.4) is 0 Å². The summed E-state index contributed by atoms with van der Waals surface area (Å²) in [5, 5.41) is 2.25. The molecule has 2 rings (SSSR count). The van der Waals surface area contributed by atoms with Gasteiger partial charge in [-0.3, -0.25) is 4.79 Å². The second kappa shape index (κ2) is 5.54. The van der Waals surface area contributed by atoms with Gasteiger partial charge in [0.15, 0.2) is 11.6 Å². The third-order valence-corrected chi connectivity index (χ3v) is 3.00. The van der Waals surface area contributed by atoms with Gasteiger partial charge in [0, 0.05) is 5.69 Å². The average Bonchev–Trinajstić information content (AvgIpc) is 2.37. The molecule has 0 saturated carbocycles. The van der Waals surface area contributed by atoms with Gasteiger partial charge in [0.25, 0.3) is 5.91 Å². The quantitative estimate of drug-likeness (QED) is 0.822. The van der Waals surface area contributed by atoms with Crippen molar-refractivity contribution in [2.24, 2.45) is 0 Å². The lowest BCUT2D eigenvalue weighted by Gasteiger charge is -2.09. The van der Waals surface area contributed by atoms with Crippen molar-refractivity contribution in [2.45, 2.75) is 6.92 Å². The standard InChI is InChI=1S/C14H9ClF3NO/c1-7-4-8(16)2-3-13(7)19-14(20)9-5-11(17)12(18)6-10(9)15/h2-6H,1H3,(H,19,20). The minimum Gasteiger partial charge on any atom is -0.322 e. The summed E-state index contributed by atoms with van der Waals surface area (Å²) in [5.41, 5.74) is 0.656. The molecule has 0 saturated heterocycles. The largest absolute Gasteiger partial charge is 0.322 e. The average molecular weight is 300 g/mol. The van der Waals surface area contributed by atoms with E-state index < -0.39 is 23.4 Å². The molecule has 104 valence electrons. The van der Waals surface area contributed by atoms with Crippen LogP contribution in [0.4, 0.5) is 18.9 Å². The number of rotatable bonds is 2. The van der Waals surface area contributed by atoms with Gasteiger partial charge in [-0.15, -0.1) is 0 Å². The van der Waals surface area contributed by atoms with E-state index in [4.69, 9.17) is 11.6 Å². The molecule has 2 aromatic rings. The predicted molar refractivity (Wildman–Crippen MR) is 70.5 cm³/mol. The van der Waals surface area contributed by atoms with E-state index in [1.807, 2.05) is 0 Å². The molecule has 2 nitrogen and oxygen atoms in total. The third-order valence-electron chi connectivity index (χ3n) is 2.69. The van der Waals surface area contributed by atoms with Crippen molar-refractivity contribution in [1.29, 1.82) is 0 Å². The molecule has 2 aromatic carbocycles. The van der Waals surface area contributed by atoms with Gasteiger partial charge in [-0.2, -0.15) is 0 Å². The Bertz CT molecular complexity index is 688. The highest BCUT2D eigenvalue weighted by Gasteiger charge is 2.15. The molecule has 0 bridgehead atoms. The molecule has 0 radical (unpaired) electrons. The fourth-order valence-corrected chi connectivity index (χ4v) is 1.89. The predicted octanol–water partition coefficient (Wildman–Crippen LogP) is 4.32. The van der Waals surface area contributed by atoms with Crippen molar-refractivity contribution in [3.63, 3.8) is 0 Å². The summed E-state index contributed by atoms with van der Waals surface area (Å²) >= 11 is 5.70. The van der Waals surface area contributed by atoms with Crippen LogP contribution in [0.25, 0.3) is 0 Å². The number of anilines is 1. The zero-order chi connectivity index (χ0) is 14.9.